The summed E-state index contributed by atoms with van der Waals surface area (Å²) in [5.74, 6) is 0.515. The van der Waals surface area contributed by atoms with E-state index in [0.717, 1.165) is 22.1 Å². The molecule has 4 rings (SSSR count). The molecule has 7 heteroatoms. The average molecular weight is 485 g/mol. The normalized spacial score (nSPS) is 11.3. The van der Waals surface area contributed by atoms with Gasteiger partial charge in [-0.15, -0.1) is 0 Å². The second-order valence-electron chi connectivity index (χ2n) is 8.48. The smallest absolute Gasteiger partial charge is 0.248 e. The van der Waals surface area contributed by atoms with Gasteiger partial charge in [0.15, 0.2) is 0 Å². The molecule has 36 heavy (non-hydrogen) atoms. The van der Waals surface area contributed by atoms with Crippen LogP contribution < -0.4 is 20.1 Å². The standard InChI is InChI=1S/C29H28N2O5/c1-17-6-8-20(9-7-17)24-16-36-28-15-27(35-5)22(14-23(24)28)18(2)12-29(33)31-25-13-21(30-19(3)32)10-11-26(25)34-4/h6-16H,1-5H3,(H,30,32)(H,31,33)/b18-12+. The highest BCUT2D eigenvalue weighted by atomic mass is 16.5. The minimum atomic E-state index is -0.348. The van der Waals surface area contributed by atoms with Crippen molar-refractivity contribution in [3.05, 3.63) is 78.1 Å². The van der Waals surface area contributed by atoms with Crippen LogP contribution in [-0.4, -0.2) is 26.0 Å². The lowest BCUT2D eigenvalue weighted by molar-refractivity contribution is -0.114. The number of benzene rings is 3. The average Bonchev–Trinajstić information content (AvgIpc) is 3.26. The quantitative estimate of drug-likeness (QED) is 0.295. The van der Waals surface area contributed by atoms with Gasteiger partial charge < -0.3 is 24.5 Å². The van der Waals surface area contributed by atoms with E-state index < -0.39 is 0 Å². The maximum absolute atomic E-state index is 12.9. The fourth-order valence-electron chi connectivity index (χ4n) is 4.02. The lowest BCUT2D eigenvalue weighted by atomic mass is 9.99. The van der Waals surface area contributed by atoms with Crippen LogP contribution in [0.25, 0.3) is 27.7 Å². The number of hydrogen-bond acceptors (Lipinski definition) is 5. The zero-order valence-electron chi connectivity index (χ0n) is 20.9. The minimum Gasteiger partial charge on any atom is -0.496 e. The summed E-state index contributed by atoms with van der Waals surface area (Å²) in [5.41, 5.74) is 6.35. The molecule has 7 nitrogen and oxygen atoms in total. The van der Waals surface area contributed by atoms with Gasteiger partial charge in [-0.05, 0) is 49.2 Å². The Morgan fingerprint density at radius 2 is 1.61 bits per heavy atom. The van der Waals surface area contributed by atoms with Crippen LogP contribution in [0.2, 0.25) is 0 Å². The van der Waals surface area contributed by atoms with Crippen LogP contribution in [0.3, 0.4) is 0 Å². The first kappa shape index (κ1) is 24.6. The Hall–Kier alpha value is -4.52. The molecule has 0 atom stereocenters. The zero-order valence-corrected chi connectivity index (χ0v) is 20.9. The third-order valence-electron chi connectivity index (χ3n) is 5.81. The van der Waals surface area contributed by atoms with Gasteiger partial charge in [-0.2, -0.15) is 0 Å². The van der Waals surface area contributed by atoms with E-state index in [1.807, 2.05) is 26.0 Å². The van der Waals surface area contributed by atoms with E-state index in [0.29, 0.717) is 34.0 Å². The highest BCUT2D eigenvalue weighted by molar-refractivity contribution is 6.06. The van der Waals surface area contributed by atoms with Gasteiger partial charge in [0.2, 0.25) is 11.8 Å². The lowest BCUT2D eigenvalue weighted by Gasteiger charge is -2.13. The molecule has 0 saturated carbocycles. The second kappa shape index (κ2) is 10.4. The molecule has 0 aliphatic rings. The second-order valence-corrected chi connectivity index (χ2v) is 8.48. The summed E-state index contributed by atoms with van der Waals surface area (Å²) >= 11 is 0. The first-order valence-electron chi connectivity index (χ1n) is 11.4. The topological polar surface area (TPSA) is 89.8 Å². The van der Waals surface area contributed by atoms with Gasteiger partial charge in [0.25, 0.3) is 0 Å². The number of nitrogens with one attached hydrogen (secondary N) is 2. The number of rotatable bonds is 7. The van der Waals surface area contributed by atoms with Crippen molar-refractivity contribution in [2.24, 2.45) is 0 Å². The molecular formula is C29H28N2O5. The molecule has 1 heterocycles. The van der Waals surface area contributed by atoms with E-state index in [-0.39, 0.29) is 11.8 Å². The Kier molecular flexibility index (Phi) is 7.10. The Labute approximate surface area is 209 Å². The van der Waals surface area contributed by atoms with Crippen LogP contribution in [0.1, 0.15) is 25.0 Å². The Morgan fingerprint density at radius 3 is 2.28 bits per heavy atom. The molecule has 4 aromatic rings. The van der Waals surface area contributed by atoms with Crippen molar-refractivity contribution in [3.8, 4) is 22.6 Å². The van der Waals surface area contributed by atoms with Gasteiger partial charge in [0.05, 0.1) is 26.2 Å². The first-order chi connectivity index (χ1) is 17.3. The van der Waals surface area contributed by atoms with Gasteiger partial charge in [0, 0.05) is 41.3 Å². The molecule has 0 bridgehead atoms. The molecule has 0 spiro atoms. The van der Waals surface area contributed by atoms with E-state index in [4.69, 9.17) is 13.9 Å². The number of allylic oxidation sites excluding steroid dienone is 1. The number of ether oxygens (including phenoxy) is 2. The maximum Gasteiger partial charge on any atom is 0.248 e. The Morgan fingerprint density at radius 1 is 0.889 bits per heavy atom. The monoisotopic (exact) mass is 484 g/mol. The van der Waals surface area contributed by atoms with Gasteiger partial charge in [-0.3, -0.25) is 9.59 Å². The number of anilines is 2. The van der Waals surface area contributed by atoms with Crippen LogP contribution in [0.4, 0.5) is 11.4 Å². The number of fused-ring (bicyclic) bond motifs is 1. The van der Waals surface area contributed by atoms with Crippen molar-refractivity contribution in [3.63, 3.8) is 0 Å². The highest BCUT2D eigenvalue weighted by Gasteiger charge is 2.16. The summed E-state index contributed by atoms with van der Waals surface area (Å²) in [4.78, 5) is 24.4. The summed E-state index contributed by atoms with van der Waals surface area (Å²) in [6, 6.07) is 17.1. The van der Waals surface area contributed by atoms with Crippen molar-refractivity contribution in [2.75, 3.05) is 24.9 Å². The fraction of sp³-hybridized carbons (Fsp3) is 0.172. The van der Waals surface area contributed by atoms with Gasteiger partial charge >= 0.3 is 0 Å². The predicted octanol–water partition coefficient (Wildman–Crippen LogP) is 6.43. The molecule has 2 amide bonds. The van der Waals surface area contributed by atoms with Crippen molar-refractivity contribution in [1.82, 2.24) is 0 Å². The molecule has 1 aromatic heterocycles. The van der Waals surface area contributed by atoms with Crippen molar-refractivity contribution in [1.29, 1.82) is 0 Å². The van der Waals surface area contributed by atoms with E-state index in [2.05, 4.69) is 34.9 Å². The van der Waals surface area contributed by atoms with Gasteiger partial charge in [-0.25, -0.2) is 0 Å². The Balaban J connectivity index is 1.67. The van der Waals surface area contributed by atoms with Gasteiger partial charge in [-0.1, -0.05) is 29.8 Å². The fourth-order valence-corrected chi connectivity index (χ4v) is 4.02. The molecule has 3 aromatic carbocycles. The summed E-state index contributed by atoms with van der Waals surface area (Å²) in [5, 5.41) is 6.46. The summed E-state index contributed by atoms with van der Waals surface area (Å²) in [6.07, 6.45) is 3.23. The van der Waals surface area contributed by atoms with Crippen LogP contribution in [0, 0.1) is 6.92 Å². The van der Waals surface area contributed by atoms with Crippen LogP contribution in [0.15, 0.2) is 71.4 Å². The van der Waals surface area contributed by atoms with Crippen molar-refractivity contribution < 1.29 is 23.5 Å². The summed E-state index contributed by atoms with van der Waals surface area (Å²) in [7, 11) is 3.10. The number of carbonyl (C=O) groups excluding carboxylic acids is 2. The van der Waals surface area contributed by atoms with Crippen LogP contribution in [0.5, 0.6) is 11.5 Å². The molecule has 0 unspecified atom stereocenters. The lowest BCUT2D eigenvalue weighted by Crippen LogP contribution is -2.11. The number of carbonyl (C=O) groups is 2. The van der Waals surface area contributed by atoms with Crippen LogP contribution in [-0.2, 0) is 9.59 Å². The molecule has 0 saturated heterocycles. The molecule has 184 valence electrons. The number of amides is 2. The number of aryl methyl sites for hydroxylation is 1. The van der Waals surface area contributed by atoms with Crippen molar-refractivity contribution in [2.45, 2.75) is 20.8 Å². The molecule has 0 radical (unpaired) electrons. The van der Waals surface area contributed by atoms with E-state index in [1.165, 1.54) is 25.7 Å². The summed E-state index contributed by atoms with van der Waals surface area (Å²) < 4.78 is 16.8. The number of hydrogen-bond donors (Lipinski definition) is 2. The predicted molar refractivity (Wildman–Crippen MR) is 143 cm³/mol. The SMILES string of the molecule is COc1ccc(NC(C)=O)cc1NC(=O)/C=C(\C)c1cc2c(-c3ccc(C)cc3)coc2cc1OC. The third-order valence-corrected chi connectivity index (χ3v) is 5.81. The third kappa shape index (κ3) is 5.25. The Bertz CT molecular complexity index is 1470. The van der Waals surface area contributed by atoms with E-state index in [9.17, 15) is 9.59 Å². The molecule has 0 aliphatic heterocycles. The number of furan rings is 1. The molecular weight excluding hydrogens is 456 g/mol. The first-order valence-corrected chi connectivity index (χ1v) is 11.4. The van der Waals surface area contributed by atoms with E-state index >= 15 is 0 Å². The minimum absolute atomic E-state index is 0.208. The van der Waals surface area contributed by atoms with Crippen LogP contribution >= 0.6 is 0 Å². The summed E-state index contributed by atoms with van der Waals surface area (Å²) in [6.45, 7) is 5.31. The highest BCUT2D eigenvalue weighted by Crippen LogP contribution is 2.37. The largest absolute Gasteiger partial charge is 0.496 e. The molecule has 0 aliphatic carbocycles. The number of methoxy groups -OCH3 is 2. The maximum atomic E-state index is 12.9. The van der Waals surface area contributed by atoms with E-state index in [1.54, 1.807) is 31.6 Å². The van der Waals surface area contributed by atoms with Crippen molar-refractivity contribution >= 4 is 39.7 Å². The molecule has 2 N–H and O–H groups in total. The molecule has 0 fully saturated rings. The van der Waals surface area contributed by atoms with Gasteiger partial charge in [0.1, 0.15) is 17.1 Å². The zero-order chi connectivity index (χ0) is 25.8.